The molecule has 0 spiro atoms. The van der Waals surface area contributed by atoms with Crippen LogP contribution in [-0.4, -0.2) is 49.1 Å². The molecule has 6 aromatic rings. The molecule has 0 unspecified atom stereocenters. The maximum atomic E-state index is 13.3. The number of aromatic nitrogens is 4. The van der Waals surface area contributed by atoms with Gasteiger partial charge in [-0.05, 0) is 28.8 Å². The summed E-state index contributed by atoms with van der Waals surface area (Å²) in [6, 6.07) is 38.3. The number of hydrogen-bond acceptors (Lipinski definition) is 8. The van der Waals surface area contributed by atoms with Crippen LogP contribution in [0.4, 0.5) is 0 Å². The topological polar surface area (TPSA) is 109 Å². The van der Waals surface area contributed by atoms with Crippen molar-refractivity contribution in [3.8, 4) is 0 Å². The Morgan fingerprint density at radius 1 is 0.848 bits per heavy atom. The molecule has 1 aliphatic rings. The largest absolute Gasteiger partial charge is 0.424 e. The Kier molecular flexibility index (Phi) is 8.06. The number of ether oxygens (including phenoxy) is 3. The van der Waals surface area contributed by atoms with E-state index in [4.69, 9.17) is 25.8 Å². The molecule has 0 bridgehead atoms. The predicted molar refractivity (Wildman–Crippen MR) is 171 cm³/mol. The first-order valence-corrected chi connectivity index (χ1v) is 15.2. The maximum absolute atomic E-state index is 13.3. The van der Waals surface area contributed by atoms with Gasteiger partial charge in [0, 0.05) is 6.42 Å². The Morgan fingerprint density at radius 2 is 1.39 bits per heavy atom. The fourth-order valence-electron chi connectivity index (χ4n) is 6.01. The number of aliphatic hydroxyl groups is 1. The molecule has 0 aliphatic carbocycles. The van der Waals surface area contributed by atoms with Gasteiger partial charge in [0.05, 0.1) is 24.6 Å². The Labute approximate surface area is 270 Å². The van der Waals surface area contributed by atoms with Gasteiger partial charge in [-0.3, -0.25) is 4.57 Å². The number of benzene rings is 4. The molecule has 0 saturated carbocycles. The van der Waals surface area contributed by atoms with Crippen molar-refractivity contribution in [2.45, 2.75) is 30.1 Å². The Morgan fingerprint density at radius 3 is 1.96 bits per heavy atom. The highest BCUT2D eigenvalue weighted by atomic mass is 35.5. The second-order valence-electron chi connectivity index (χ2n) is 11.0. The van der Waals surface area contributed by atoms with Gasteiger partial charge in [-0.2, -0.15) is 0 Å². The van der Waals surface area contributed by atoms with Gasteiger partial charge in [0.2, 0.25) is 6.23 Å². The first-order chi connectivity index (χ1) is 22.5. The number of nitrogens with zero attached hydrogens (tertiary/aromatic N) is 4. The van der Waals surface area contributed by atoms with E-state index in [1.165, 1.54) is 17.2 Å². The van der Waals surface area contributed by atoms with Crippen molar-refractivity contribution >= 4 is 28.7 Å². The minimum absolute atomic E-state index is 0.0305. The van der Waals surface area contributed by atoms with E-state index in [-0.39, 0.29) is 23.7 Å². The molecule has 46 heavy (non-hydrogen) atoms. The summed E-state index contributed by atoms with van der Waals surface area (Å²) in [6.45, 7) is 0.0305. The van der Waals surface area contributed by atoms with Crippen LogP contribution < -0.4 is 0 Å². The second kappa shape index (κ2) is 12.5. The SMILES string of the molecule is O=C(O[C@]1(O)C[C@H](COC(c2ccccc2)(c2ccccc2)c2ccccc2)O[C@H]1n1cnc2c(Cl)ncnc21)c1ccccc1. The van der Waals surface area contributed by atoms with Crippen molar-refractivity contribution in [1.82, 2.24) is 19.5 Å². The molecule has 2 aromatic heterocycles. The van der Waals surface area contributed by atoms with Crippen molar-refractivity contribution < 1.29 is 24.1 Å². The molecule has 7 rings (SSSR count). The summed E-state index contributed by atoms with van der Waals surface area (Å²) < 4.78 is 20.8. The van der Waals surface area contributed by atoms with E-state index in [1.54, 1.807) is 30.3 Å². The van der Waals surface area contributed by atoms with Crippen LogP contribution in [-0.2, 0) is 19.8 Å². The highest BCUT2D eigenvalue weighted by molar-refractivity contribution is 6.33. The number of esters is 1. The van der Waals surface area contributed by atoms with Crippen LogP contribution in [0.15, 0.2) is 134 Å². The summed E-state index contributed by atoms with van der Waals surface area (Å²) in [5.74, 6) is -2.82. The number of fused-ring (bicyclic) bond motifs is 1. The molecule has 3 atom stereocenters. The molecular formula is C36H29ClN4O5. The maximum Gasteiger partial charge on any atom is 0.340 e. The van der Waals surface area contributed by atoms with E-state index in [0.29, 0.717) is 11.2 Å². The number of carbonyl (C=O) groups is 1. The van der Waals surface area contributed by atoms with Crippen LogP contribution in [0.1, 0.15) is 39.7 Å². The summed E-state index contributed by atoms with van der Waals surface area (Å²) in [5.41, 5.74) is 2.64. The molecular weight excluding hydrogens is 604 g/mol. The average molecular weight is 633 g/mol. The molecule has 4 aromatic carbocycles. The summed E-state index contributed by atoms with van der Waals surface area (Å²) in [4.78, 5) is 25.9. The van der Waals surface area contributed by atoms with Crippen molar-refractivity contribution in [2.75, 3.05) is 6.61 Å². The number of rotatable bonds is 9. The van der Waals surface area contributed by atoms with E-state index in [9.17, 15) is 9.90 Å². The Bertz CT molecular complexity index is 1850. The van der Waals surface area contributed by atoms with Crippen molar-refractivity contribution in [3.63, 3.8) is 0 Å². The number of imidazole rings is 1. The number of carbonyl (C=O) groups excluding carboxylic acids is 1. The van der Waals surface area contributed by atoms with Crippen molar-refractivity contribution in [3.05, 3.63) is 161 Å². The van der Waals surface area contributed by atoms with Gasteiger partial charge in [0.15, 0.2) is 10.8 Å². The molecule has 1 N–H and O–H groups in total. The zero-order chi connectivity index (χ0) is 31.6. The Balaban J connectivity index is 1.27. The van der Waals surface area contributed by atoms with Crippen LogP contribution in [0.25, 0.3) is 11.2 Å². The fourth-order valence-corrected chi connectivity index (χ4v) is 6.19. The monoisotopic (exact) mass is 632 g/mol. The van der Waals surface area contributed by atoms with Crippen LogP contribution in [0.5, 0.6) is 0 Å². The molecule has 1 fully saturated rings. The van der Waals surface area contributed by atoms with Gasteiger partial charge in [0.1, 0.15) is 17.4 Å². The lowest BCUT2D eigenvalue weighted by Crippen LogP contribution is -2.40. The molecule has 10 heteroatoms. The quantitative estimate of drug-likeness (QED) is 0.0854. The van der Waals surface area contributed by atoms with Crippen LogP contribution >= 0.6 is 11.6 Å². The third-order valence-corrected chi connectivity index (χ3v) is 8.38. The number of halogens is 1. The summed E-state index contributed by atoms with van der Waals surface area (Å²) >= 11 is 6.28. The van der Waals surface area contributed by atoms with E-state index in [1.807, 2.05) is 91.0 Å². The third kappa shape index (κ3) is 5.44. The highest BCUT2D eigenvalue weighted by Crippen LogP contribution is 2.44. The summed E-state index contributed by atoms with van der Waals surface area (Å²) in [5, 5.41) is 12.2. The molecule has 1 aliphatic heterocycles. The molecule has 0 amide bonds. The lowest BCUT2D eigenvalue weighted by atomic mass is 9.80. The normalized spacial score (nSPS) is 19.7. The van der Waals surface area contributed by atoms with Gasteiger partial charge in [-0.15, -0.1) is 0 Å². The summed E-state index contributed by atoms with van der Waals surface area (Å²) in [7, 11) is 0. The minimum atomic E-state index is -2.11. The summed E-state index contributed by atoms with van der Waals surface area (Å²) in [6.07, 6.45) is 0.695. The van der Waals surface area contributed by atoms with Gasteiger partial charge in [-0.1, -0.05) is 121 Å². The van der Waals surface area contributed by atoms with Crippen LogP contribution in [0, 0.1) is 0 Å². The molecule has 9 nitrogen and oxygen atoms in total. The lowest BCUT2D eigenvalue weighted by Gasteiger charge is -2.36. The first-order valence-electron chi connectivity index (χ1n) is 14.8. The molecule has 230 valence electrons. The fraction of sp³-hybridized carbons (Fsp3) is 0.167. The zero-order valence-electron chi connectivity index (χ0n) is 24.5. The molecule has 3 heterocycles. The predicted octanol–water partition coefficient (Wildman–Crippen LogP) is 6.32. The van der Waals surface area contributed by atoms with Gasteiger partial charge < -0.3 is 19.3 Å². The lowest BCUT2D eigenvalue weighted by molar-refractivity contribution is -0.218. The number of hydrogen-bond donors (Lipinski definition) is 1. The highest BCUT2D eigenvalue weighted by Gasteiger charge is 2.53. The van der Waals surface area contributed by atoms with E-state index in [0.717, 1.165) is 16.7 Å². The smallest absolute Gasteiger partial charge is 0.340 e. The minimum Gasteiger partial charge on any atom is -0.424 e. The van der Waals surface area contributed by atoms with Gasteiger partial charge in [0.25, 0.3) is 5.79 Å². The van der Waals surface area contributed by atoms with E-state index in [2.05, 4.69) is 15.0 Å². The van der Waals surface area contributed by atoms with Crippen molar-refractivity contribution in [2.24, 2.45) is 0 Å². The molecule has 0 radical (unpaired) electrons. The van der Waals surface area contributed by atoms with Crippen LogP contribution in [0.3, 0.4) is 0 Å². The van der Waals surface area contributed by atoms with Gasteiger partial charge in [-0.25, -0.2) is 19.7 Å². The van der Waals surface area contributed by atoms with E-state index >= 15 is 0 Å². The standard InChI is InChI=1S/C36H29ClN4O5/c37-31-30-32(39-23-38-31)41(24-40-30)34-35(43,46-33(42)25-13-5-1-6-14-25)21-29(45-34)22-44-36(26-15-7-2-8-16-26,27-17-9-3-10-18-27)28-19-11-4-12-20-28/h1-20,23-24,29,34,43H,21-22H2/t29-,34-,35-/m1/s1. The average Bonchev–Trinajstić information content (AvgIpc) is 3.68. The molecule has 1 saturated heterocycles. The van der Waals surface area contributed by atoms with Crippen molar-refractivity contribution in [1.29, 1.82) is 0 Å². The van der Waals surface area contributed by atoms with Crippen LogP contribution in [0.2, 0.25) is 5.15 Å². The first kappa shape index (κ1) is 29.8. The van der Waals surface area contributed by atoms with Gasteiger partial charge >= 0.3 is 5.97 Å². The third-order valence-electron chi connectivity index (χ3n) is 8.10. The second-order valence-corrected chi connectivity index (χ2v) is 11.4. The zero-order valence-corrected chi connectivity index (χ0v) is 25.3. The Hall–Kier alpha value is -4.93. The van der Waals surface area contributed by atoms with E-state index < -0.39 is 29.7 Å².